The number of benzene rings is 1. The number of rotatable bonds is 5. The van der Waals surface area contributed by atoms with E-state index in [9.17, 15) is 17.6 Å². The Morgan fingerprint density at radius 3 is 2.59 bits per heavy atom. The summed E-state index contributed by atoms with van der Waals surface area (Å²) >= 11 is 0. The zero-order chi connectivity index (χ0) is 12.9. The Labute approximate surface area is 99.8 Å². The number of carbonyl (C=O) groups is 1. The van der Waals surface area contributed by atoms with Crippen LogP contribution in [-0.4, -0.2) is 26.6 Å². The Morgan fingerprint density at radius 1 is 1.35 bits per heavy atom. The molecule has 6 heteroatoms. The third-order valence-corrected chi connectivity index (χ3v) is 3.96. The minimum absolute atomic E-state index is 0.186. The van der Waals surface area contributed by atoms with Gasteiger partial charge in [0.2, 0.25) is 5.91 Å². The number of amides is 1. The first-order chi connectivity index (χ1) is 7.93. The third-order valence-electron chi connectivity index (χ3n) is 2.14. The number of nitrogens with one attached hydrogen (secondary N) is 1. The van der Waals surface area contributed by atoms with Crippen molar-refractivity contribution in [3.63, 3.8) is 0 Å². The molecule has 1 N–H and O–H groups in total. The fraction of sp³-hybridized carbons (Fsp3) is 0.364. The molecule has 94 valence electrons. The second-order valence-electron chi connectivity index (χ2n) is 3.59. The quantitative estimate of drug-likeness (QED) is 0.806. The van der Waals surface area contributed by atoms with Crippen LogP contribution in [0.5, 0.6) is 0 Å². The lowest BCUT2D eigenvalue weighted by Gasteiger charge is -2.05. The summed E-state index contributed by atoms with van der Waals surface area (Å²) in [4.78, 5) is 10.3. The topological polar surface area (TPSA) is 63.2 Å². The van der Waals surface area contributed by atoms with Gasteiger partial charge in [-0.2, -0.15) is 0 Å². The molecule has 17 heavy (non-hydrogen) atoms. The summed E-state index contributed by atoms with van der Waals surface area (Å²) in [5.74, 6) is -1.14. The summed E-state index contributed by atoms with van der Waals surface area (Å²) < 4.78 is 36.8. The van der Waals surface area contributed by atoms with Gasteiger partial charge >= 0.3 is 0 Å². The van der Waals surface area contributed by atoms with Crippen LogP contribution < -0.4 is 5.32 Å². The molecule has 0 spiro atoms. The molecular weight excluding hydrogens is 245 g/mol. The molecule has 1 rings (SSSR count). The van der Waals surface area contributed by atoms with Crippen LogP contribution in [0.2, 0.25) is 0 Å². The predicted molar refractivity (Wildman–Crippen MR) is 61.8 cm³/mol. The Bertz CT molecular complexity index is 499. The fourth-order valence-corrected chi connectivity index (χ4v) is 2.73. The first-order valence-corrected chi connectivity index (χ1v) is 6.80. The molecule has 0 aliphatic heterocycles. The van der Waals surface area contributed by atoms with Crippen LogP contribution in [0.25, 0.3) is 0 Å². The molecule has 0 saturated heterocycles. The molecule has 0 fully saturated rings. The average Bonchev–Trinajstić information content (AvgIpc) is 2.24. The van der Waals surface area contributed by atoms with Gasteiger partial charge in [0.15, 0.2) is 9.84 Å². The van der Waals surface area contributed by atoms with E-state index >= 15 is 0 Å². The smallest absolute Gasteiger partial charge is 0.216 e. The summed E-state index contributed by atoms with van der Waals surface area (Å²) in [5.41, 5.74) is 0. The van der Waals surface area contributed by atoms with Crippen LogP contribution >= 0.6 is 0 Å². The summed E-state index contributed by atoms with van der Waals surface area (Å²) in [6.07, 6.45) is 0.260. The van der Waals surface area contributed by atoms with Gasteiger partial charge in [0.1, 0.15) is 10.7 Å². The van der Waals surface area contributed by atoms with Crippen molar-refractivity contribution < 1.29 is 17.6 Å². The minimum atomic E-state index is -3.62. The lowest BCUT2D eigenvalue weighted by Crippen LogP contribution is -2.23. The largest absolute Gasteiger partial charge is 0.356 e. The van der Waals surface area contributed by atoms with E-state index in [0.29, 0.717) is 0 Å². The van der Waals surface area contributed by atoms with Gasteiger partial charge in [-0.25, -0.2) is 12.8 Å². The van der Waals surface area contributed by atoms with E-state index in [0.717, 1.165) is 6.07 Å². The molecule has 0 atom stereocenters. The summed E-state index contributed by atoms with van der Waals surface area (Å²) in [7, 11) is -3.62. The molecule has 1 aromatic rings. The van der Waals surface area contributed by atoms with Gasteiger partial charge in [0.05, 0.1) is 5.75 Å². The zero-order valence-electron chi connectivity index (χ0n) is 9.44. The molecule has 0 saturated carbocycles. The maximum atomic E-state index is 13.3. The number of hydrogen-bond donors (Lipinski definition) is 1. The maximum absolute atomic E-state index is 13.3. The van der Waals surface area contributed by atoms with E-state index in [1.807, 2.05) is 0 Å². The number of sulfone groups is 1. The van der Waals surface area contributed by atoms with Crippen molar-refractivity contribution >= 4 is 15.7 Å². The molecule has 4 nitrogen and oxygen atoms in total. The highest BCUT2D eigenvalue weighted by molar-refractivity contribution is 7.91. The molecule has 0 aliphatic rings. The van der Waals surface area contributed by atoms with Gasteiger partial charge in [-0.05, 0) is 18.6 Å². The van der Waals surface area contributed by atoms with Crippen molar-refractivity contribution in [1.29, 1.82) is 0 Å². The van der Waals surface area contributed by atoms with E-state index < -0.39 is 15.7 Å². The summed E-state index contributed by atoms with van der Waals surface area (Å²) in [5, 5.41) is 2.49. The van der Waals surface area contributed by atoms with Crippen LogP contribution in [0, 0.1) is 5.82 Å². The monoisotopic (exact) mass is 259 g/mol. The SMILES string of the molecule is CC(=O)NCCCS(=O)(=O)c1ccccc1F. The first-order valence-electron chi connectivity index (χ1n) is 5.15. The van der Waals surface area contributed by atoms with Gasteiger partial charge < -0.3 is 5.32 Å². The minimum Gasteiger partial charge on any atom is -0.356 e. The summed E-state index contributed by atoms with van der Waals surface area (Å²) in [6, 6.07) is 5.26. The molecule has 1 amide bonds. The van der Waals surface area contributed by atoms with Crippen molar-refractivity contribution in [1.82, 2.24) is 5.32 Å². The van der Waals surface area contributed by atoms with Crippen LogP contribution in [-0.2, 0) is 14.6 Å². The Morgan fingerprint density at radius 2 is 2.00 bits per heavy atom. The highest BCUT2D eigenvalue weighted by Crippen LogP contribution is 2.15. The highest BCUT2D eigenvalue weighted by atomic mass is 32.2. The average molecular weight is 259 g/mol. The van der Waals surface area contributed by atoms with E-state index in [2.05, 4.69) is 5.32 Å². The first kappa shape index (κ1) is 13.6. The molecule has 0 heterocycles. The standard InChI is InChI=1S/C11H14FNO3S/c1-9(14)13-7-4-8-17(15,16)11-6-3-2-5-10(11)12/h2-3,5-6H,4,7-8H2,1H3,(H,13,14). The number of halogens is 1. The van der Waals surface area contributed by atoms with Crippen molar-refractivity contribution in [2.45, 2.75) is 18.2 Å². The second-order valence-corrected chi connectivity index (χ2v) is 5.66. The van der Waals surface area contributed by atoms with Crippen LogP contribution in [0.15, 0.2) is 29.2 Å². The van der Waals surface area contributed by atoms with Crippen molar-refractivity contribution in [2.75, 3.05) is 12.3 Å². The second kappa shape index (κ2) is 5.77. The molecule has 0 aliphatic carbocycles. The molecule has 0 unspecified atom stereocenters. The van der Waals surface area contributed by atoms with Gasteiger partial charge in [-0.3, -0.25) is 4.79 Å². The van der Waals surface area contributed by atoms with Crippen molar-refractivity contribution in [3.8, 4) is 0 Å². The fourth-order valence-electron chi connectivity index (χ4n) is 1.33. The highest BCUT2D eigenvalue weighted by Gasteiger charge is 2.17. The lowest BCUT2D eigenvalue weighted by molar-refractivity contribution is -0.118. The zero-order valence-corrected chi connectivity index (χ0v) is 10.3. The Kier molecular flexibility index (Phi) is 4.62. The third kappa shape index (κ3) is 4.14. The Balaban J connectivity index is 2.64. The molecule has 0 bridgehead atoms. The Hall–Kier alpha value is -1.43. The van der Waals surface area contributed by atoms with Crippen molar-refractivity contribution in [2.24, 2.45) is 0 Å². The van der Waals surface area contributed by atoms with E-state index in [1.54, 1.807) is 0 Å². The van der Waals surface area contributed by atoms with Crippen LogP contribution in [0.3, 0.4) is 0 Å². The lowest BCUT2D eigenvalue weighted by atomic mass is 10.3. The van der Waals surface area contributed by atoms with Crippen LogP contribution in [0.4, 0.5) is 4.39 Å². The van der Waals surface area contributed by atoms with E-state index in [4.69, 9.17) is 0 Å². The van der Waals surface area contributed by atoms with Gasteiger partial charge in [-0.1, -0.05) is 12.1 Å². The molecule has 0 aromatic heterocycles. The number of carbonyl (C=O) groups excluding carboxylic acids is 1. The summed E-state index contributed by atoms with van der Waals surface area (Å²) in [6.45, 7) is 1.62. The van der Waals surface area contributed by atoms with Crippen LogP contribution in [0.1, 0.15) is 13.3 Å². The molecular formula is C11H14FNO3S. The maximum Gasteiger partial charge on any atom is 0.216 e. The van der Waals surface area contributed by atoms with E-state index in [1.165, 1.54) is 25.1 Å². The normalized spacial score (nSPS) is 11.2. The predicted octanol–water partition coefficient (Wildman–Crippen LogP) is 1.13. The van der Waals surface area contributed by atoms with Gasteiger partial charge in [-0.15, -0.1) is 0 Å². The van der Waals surface area contributed by atoms with Crippen molar-refractivity contribution in [3.05, 3.63) is 30.1 Å². The van der Waals surface area contributed by atoms with Gasteiger partial charge in [0, 0.05) is 13.5 Å². The number of hydrogen-bond acceptors (Lipinski definition) is 3. The van der Waals surface area contributed by atoms with E-state index in [-0.39, 0.29) is 29.5 Å². The van der Waals surface area contributed by atoms with Gasteiger partial charge in [0.25, 0.3) is 0 Å². The molecule has 1 aromatic carbocycles. The molecule has 0 radical (unpaired) electrons.